The van der Waals surface area contributed by atoms with E-state index in [1.54, 1.807) is 0 Å². The number of allylic oxidation sites excluding steroid dienone is 1. The molecular formula is C23H25N3OS. The van der Waals surface area contributed by atoms with Crippen molar-refractivity contribution < 1.29 is 4.74 Å². The van der Waals surface area contributed by atoms with Gasteiger partial charge in [0, 0.05) is 11.1 Å². The van der Waals surface area contributed by atoms with Crippen molar-refractivity contribution in [3.63, 3.8) is 0 Å². The number of thiocarbonyl (C=S) groups is 1. The Bertz CT molecular complexity index is 949. The van der Waals surface area contributed by atoms with E-state index in [-0.39, 0.29) is 11.5 Å². The fourth-order valence-corrected chi connectivity index (χ4v) is 3.44. The molecule has 0 amide bonds. The minimum atomic E-state index is -0.265. The third-order valence-corrected chi connectivity index (χ3v) is 5.03. The zero-order valence-corrected chi connectivity index (χ0v) is 17.5. The van der Waals surface area contributed by atoms with E-state index in [0.717, 1.165) is 17.0 Å². The number of aryl methyl sites for hydroxylation is 1. The van der Waals surface area contributed by atoms with Crippen LogP contribution in [-0.2, 0) is 6.61 Å². The Morgan fingerprint density at radius 3 is 2.39 bits per heavy atom. The summed E-state index contributed by atoms with van der Waals surface area (Å²) in [5.41, 5.74) is 4.68. The molecule has 0 bridgehead atoms. The molecule has 0 fully saturated rings. The Hall–Kier alpha value is -2.84. The van der Waals surface area contributed by atoms with E-state index in [0.29, 0.717) is 17.3 Å². The van der Waals surface area contributed by atoms with Gasteiger partial charge in [0.25, 0.3) is 0 Å². The molecule has 0 unspecified atom stereocenters. The van der Waals surface area contributed by atoms with Gasteiger partial charge in [-0.1, -0.05) is 57.2 Å². The summed E-state index contributed by atoms with van der Waals surface area (Å²) in [6, 6.07) is 18.1. The molecule has 1 aliphatic heterocycles. The van der Waals surface area contributed by atoms with E-state index in [1.165, 1.54) is 11.1 Å². The fourth-order valence-electron chi connectivity index (χ4n) is 3.22. The molecule has 0 aromatic heterocycles. The molecule has 0 radical (unpaired) electrons. The van der Waals surface area contributed by atoms with Crippen molar-refractivity contribution in [3.8, 4) is 11.8 Å². The topological polar surface area (TPSA) is 57.1 Å². The Labute approximate surface area is 172 Å². The van der Waals surface area contributed by atoms with Gasteiger partial charge in [-0.25, -0.2) is 0 Å². The van der Waals surface area contributed by atoms with Crippen molar-refractivity contribution in [2.24, 2.45) is 5.41 Å². The smallest absolute Gasteiger partial charge is 0.171 e. The van der Waals surface area contributed by atoms with Gasteiger partial charge >= 0.3 is 0 Å². The number of rotatable bonds is 4. The highest BCUT2D eigenvalue weighted by Crippen LogP contribution is 2.34. The fraction of sp³-hybridized carbons (Fsp3) is 0.304. The highest BCUT2D eigenvalue weighted by atomic mass is 32.1. The van der Waals surface area contributed by atoms with E-state index in [4.69, 9.17) is 17.0 Å². The van der Waals surface area contributed by atoms with Crippen molar-refractivity contribution in [1.29, 1.82) is 5.26 Å². The van der Waals surface area contributed by atoms with Gasteiger partial charge in [-0.15, -0.1) is 0 Å². The predicted molar refractivity (Wildman–Crippen MR) is 116 cm³/mol. The molecule has 1 atom stereocenters. The minimum Gasteiger partial charge on any atom is -0.489 e. The Morgan fingerprint density at radius 1 is 1.11 bits per heavy atom. The second-order valence-corrected chi connectivity index (χ2v) is 8.37. The van der Waals surface area contributed by atoms with Crippen LogP contribution in [0.25, 0.3) is 0 Å². The molecule has 3 rings (SSSR count). The first-order valence-corrected chi connectivity index (χ1v) is 9.70. The zero-order chi connectivity index (χ0) is 20.3. The Kier molecular flexibility index (Phi) is 5.71. The lowest BCUT2D eigenvalue weighted by atomic mass is 9.84. The number of benzene rings is 2. The number of ether oxygens (including phenoxy) is 1. The molecule has 0 saturated heterocycles. The molecule has 0 saturated carbocycles. The SMILES string of the molecule is Cc1ccccc1COc1ccc([C@@H]2NC(=S)NC(C(C)(C)C)=C2C#N)cc1. The predicted octanol–water partition coefficient (Wildman–Crippen LogP) is 4.92. The van der Waals surface area contributed by atoms with Crippen molar-refractivity contribution in [2.45, 2.75) is 40.3 Å². The maximum absolute atomic E-state index is 9.78. The van der Waals surface area contributed by atoms with Crippen LogP contribution in [0.2, 0.25) is 0 Å². The molecule has 5 heteroatoms. The van der Waals surface area contributed by atoms with Gasteiger partial charge in [-0.05, 0) is 48.0 Å². The number of nitriles is 1. The molecule has 1 heterocycles. The first-order valence-electron chi connectivity index (χ1n) is 9.29. The van der Waals surface area contributed by atoms with Crippen LogP contribution in [0.1, 0.15) is 43.5 Å². The highest BCUT2D eigenvalue weighted by molar-refractivity contribution is 7.80. The average molecular weight is 392 g/mol. The lowest BCUT2D eigenvalue weighted by Crippen LogP contribution is -2.46. The van der Waals surface area contributed by atoms with Crippen LogP contribution in [0.5, 0.6) is 5.75 Å². The molecule has 2 aromatic carbocycles. The van der Waals surface area contributed by atoms with Crippen LogP contribution in [0, 0.1) is 23.7 Å². The Balaban J connectivity index is 1.81. The summed E-state index contributed by atoms with van der Waals surface area (Å²) in [6.07, 6.45) is 0. The van der Waals surface area contributed by atoms with Crippen LogP contribution in [0.4, 0.5) is 0 Å². The van der Waals surface area contributed by atoms with E-state index in [1.807, 2.05) is 36.4 Å². The first kappa shape index (κ1) is 19.9. The molecule has 144 valence electrons. The van der Waals surface area contributed by atoms with Crippen molar-refractivity contribution in [2.75, 3.05) is 0 Å². The number of nitrogens with zero attached hydrogens (tertiary/aromatic N) is 1. The van der Waals surface area contributed by atoms with E-state index >= 15 is 0 Å². The monoisotopic (exact) mass is 391 g/mol. The zero-order valence-electron chi connectivity index (χ0n) is 16.7. The summed E-state index contributed by atoms with van der Waals surface area (Å²) in [5, 5.41) is 16.7. The summed E-state index contributed by atoms with van der Waals surface area (Å²) in [4.78, 5) is 0. The Morgan fingerprint density at radius 2 is 1.79 bits per heavy atom. The van der Waals surface area contributed by atoms with Gasteiger partial charge in [-0.2, -0.15) is 5.26 Å². The van der Waals surface area contributed by atoms with E-state index in [9.17, 15) is 5.26 Å². The van der Waals surface area contributed by atoms with Crippen molar-refractivity contribution in [3.05, 3.63) is 76.5 Å². The summed E-state index contributed by atoms with van der Waals surface area (Å²) in [5.74, 6) is 0.794. The molecule has 0 aliphatic carbocycles. The van der Waals surface area contributed by atoms with Crippen LogP contribution in [0.15, 0.2) is 59.8 Å². The summed E-state index contributed by atoms with van der Waals surface area (Å²) < 4.78 is 5.93. The standard InChI is InChI=1S/C23H25N3OS/c1-15-7-5-6-8-17(15)14-27-18-11-9-16(10-12-18)20-19(13-24)21(23(2,3)4)26-22(28)25-20/h5-12,20H,14H2,1-4H3,(H2,25,26,28)/t20-/m0/s1. The third kappa shape index (κ3) is 4.35. The molecule has 28 heavy (non-hydrogen) atoms. The van der Waals surface area contributed by atoms with Crippen molar-refractivity contribution >= 4 is 17.3 Å². The molecule has 1 aliphatic rings. The second-order valence-electron chi connectivity index (χ2n) is 7.97. The number of hydrogen-bond donors (Lipinski definition) is 2. The molecule has 4 nitrogen and oxygen atoms in total. The lowest BCUT2D eigenvalue weighted by Gasteiger charge is -2.34. The second kappa shape index (κ2) is 8.04. The maximum Gasteiger partial charge on any atom is 0.171 e. The molecule has 2 N–H and O–H groups in total. The summed E-state index contributed by atoms with van der Waals surface area (Å²) in [6.45, 7) is 8.82. The van der Waals surface area contributed by atoms with Gasteiger partial charge in [0.2, 0.25) is 0 Å². The lowest BCUT2D eigenvalue weighted by molar-refractivity contribution is 0.305. The van der Waals surface area contributed by atoms with Gasteiger partial charge in [0.1, 0.15) is 12.4 Å². The van der Waals surface area contributed by atoms with Crippen LogP contribution < -0.4 is 15.4 Å². The van der Waals surface area contributed by atoms with E-state index in [2.05, 4.69) is 56.5 Å². The highest BCUT2D eigenvalue weighted by Gasteiger charge is 2.32. The quantitative estimate of drug-likeness (QED) is 0.725. The van der Waals surface area contributed by atoms with Crippen LogP contribution >= 0.6 is 12.2 Å². The van der Waals surface area contributed by atoms with Gasteiger partial charge in [-0.3, -0.25) is 0 Å². The van der Waals surface area contributed by atoms with Crippen LogP contribution in [-0.4, -0.2) is 5.11 Å². The number of hydrogen-bond acceptors (Lipinski definition) is 3. The summed E-state index contributed by atoms with van der Waals surface area (Å²) in [7, 11) is 0. The first-order chi connectivity index (χ1) is 13.3. The molecular weight excluding hydrogens is 366 g/mol. The normalized spacial score (nSPS) is 16.8. The largest absolute Gasteiger partial charge is 0.489 e. The number of nitrogens with one attached hydrogen (secondary N) is 2. The van der Waals surface area contributed by atoms with Crippen LogP contribution in [0.3, 0.4) is 0 Å². The summed E-state index contributed by atoms with van der Waals surface area (Å²) >= 11 is 5.37. The minimum absolute atomic E-state index is 0.202. The van der Waals surface area contributed by atoms with E-state index < -0.39 is 0 Å². The average Bonchev–Trinajstić information content (AvgIpc) is 2.66. The molecule has 2 aromatic rings. The van der Waals surface area contributed by atoms with Gasteiger partial charge in [0.15, 0.2) is 5.11 Å². The van der Waals surface area contributed by atoms with Crippen molar-refractivity contribution in [1.82, 2.24) is 10.6 Å². The third-order valence-electron chi connectivity index (χ3n) is 4.81. The maximum atomic E-state index is 9.78. The van der Waals surface area contributed by atoms with Gasteiger partial charge in [0.05, 0.1) is 17.7 Å². The molecule has 0 spiro atoms. The van der Waals surface area contributed by atoms with Gasteiger partial charge < -0.3 is 15.4 Å².